The summed E-state index contributed by atoms with van der Waals surface area (Å²) in [6.45, 7) is 3.23. The molecule has 0 N–H and O–H groups in total. The Morgan fingerprint density at radius 3 is 2.74 bits per heavy atom. The van der Waals surface area contributed by atoms with Crippen LogP contribution in [0.1, 0.15) is 30.0 Å². The standard InChI is InChI=1S/C21H17BrN2O7/c1-4-18(25)30-19-14(22)8-12(10-17(19)29-3)9-15-21(26)31-20(23-15)13-6-5-7-16(11(13)2)24(27)28/h5-10H,4H2,1-3H3/b15-9-. The number of hydrogen-bond acceptors (Lipinski definition) is 8. The average Bonchev–Trinajstić information content (AvgIpc) is 3.09. The number of nitro groups is 1. The minimum absolute atomic E-state index is 0.00756. The Kier molecular flexibility index (Phi) is 6.50. The number of rotatable bonds is 6. The first-order valence-electron chi connectivity index (χ1n) is 9.10. The van der Waals surface area contributed by atoms with Crippen molar-refractivity contribution in [1.82, 2.24) is 0 Å². The van der Waals surface area contributed by atoms with Crippen LogP contribution in [0.4, 0.5) is 5.69 Å². The zero-order valence-electron chi connectivity index (χ0n) is 16.8. The monoisotopic (exact) mass is 488 g/mol. The van der Waals surface area contributed by atoms with Gasteiger partial charge in [0.1, 0.15) is 0 Å². The molecule has 2 aromatic carbocycles. The van der Waals surface area contributed by atoms with Gasteiger partial charge in [0.15, 0.2) is 17.2 Å². The molecule has 9 nitrogen and oxygen atoms in total. The Balaban J connectivity index is 1.99. The van der Waals surface area contributed by atoms with Gasteiger partial charge in [-0.15, -0.1) is 0 Å². The van der Waals surface area contributed by atoms with E-state index >= 15 is 0 Å². The lowest BCUT2D eigenvalue weighted by molar-refractivity contribution is -0.385. The second-order valence-corrected chi connectivity index (χ2v) is 7.26. The lowest BCUT2D eigenvalue weighted by Gasteiger charge is -2.11. The zero-order valence-corrected chi connectivity index (χ0v) is 18.4. The predicted molar refractivity (Wildman–Crippen MR) is 115 cm³/mol. The van der Waals surface area contributed by atoms with Crippen molar-refractivity contribution in [2.24, 2.45) is 4.99 Å². The fourth-order valence-electron chi connectivity index (χ4n) is 2.84. The number of carbonyl (C=O) groups is 2. The van der Waals surface area contributed by atoms with Crippen LogP contribution < -0.4 is 9.47 Å². The minimum atomic E-state index is -0.697. The van der Waals surface area contributed by atoms with E-state index in [2.05, 4.69) is 20.9 Å². The first kappa shape index (κ1) is 22.2. The van der Waals surface area contributed by atoms with E-state index in [4.69, 9.17) is 14.2 Å². The van der Waals surface area contributed by atoms with Crippen LogP contribution >= 0.6 is 15.9 Å². The van der Waals surface area contributed by atoms with Crippen molar-refractivity contribution in [1.29, 1.82) is 0 Å². The molecule has 2 aromatic rings. The lowest BCUT2D eigenvalue weighted by Crippen LogP contribution is -2.08. The van der Waals surface area contributed by atoms with Gasteiger partial charge in [0.2, 0.25) is 5.90 Å². The van der Waals surface area contributed by atoms with Crippen LogP contribution in [0.3, 0.4) is 0 Å². The molecule has 160 valence electrons. The molecule has 0 bridgehead atoms. The first-order valence-corrected chi connectivity index (χ1v) is 9.89. The van der Waals surface area contributed by atoms with Gasteiger partial charge in [0, 0.05) is 23.6 Å². The van der Waals surface area contributed by atoms with Crippen molar-refractivity contribution < 1.29 is 28.7 Å². The average molecular weight is 489 g/mol. The van der Waals surface area contributed by atoms with E-state index in [9.17, 15) is 19.7 Å². The molecule has 0 saturated heterocycles. The highest BCUT2D eigenvalue weighted by Gasteiger charge is 2.27. The van der Waals surface area contributed by atoms with Crippen LogP contribution in [0.2, 0.25) is 0 Å². The SMILES string of the molecule is CCC(=O)Oc1c(Br)cc(/C=C2\N=C(c3cccc([N+](=O)[O-])c3C)OC2=O)cc1OC. The normalized spacial score (nSPS) is 14.3. The largest absolute Gasteiger partial charge is 0.493 e. The summed E-state index contributed by atoms with van der Waals surface area (Å²) in [5, 5.41) is 11.2. The Morgan fingerprint density at radius 1 is 1.35 bits per heavy atom. The van der Waals surface area contributed by atoms with Crippen LogP contribution in [-0.4, -0.2) is 29.9 Å². The molecule has 31 heavy (non-hydrogen) atoms. The number of benzene rings is 2. The van der Waals surface area contributed by atoms with Gasteiger partial charge >= 0.3 is 11.9 Å². The second-order valence-electron chi connectivity index (χ2n) is 6.40. The molecule has 0 radical (unpaired) electrons. The van der Waals surface area contributed by atoms with E-state index in [1.807, 2.05) is 0 Å². The van der Waals surface area contributed by atoms with Crippen molar-refractivity contribution >= 4 is 45.5 Å². The van der Waals surface area contributed by atoms with Crippen LogP contribution in [0.5, 0.6) is 11.5 Å². The molecular formula is C21H17BrN2O7. The highest BCUT2D eigenvalue weighted by molar-refractivity contribution is 9.10. The number of carbonyl (C=O) groups excluding carboxylic acids is 2. The van der Waals surface area contributed by atoms with Crippen LogP contribution in [-0.2, 0) is 14.3 Å². The molecule has 0 unspecified atom stereocenters. The second kappa shape index (κ2) is 9.09. The molecule has 3 rings (SSSR count). The third-order valence-electron chi connectivity index (χ3n) is 4.41. The summed E-state index contributed by atoms with van der Waals surface area (Å²) >= 11 is 3.34. The summed E-state index contributed by atoms with van der Waals surface area (Å²) in [5.74, 6) is -0.629. The van der Waals surface area contributed by atoms with E-state index < -0.39 is 16.9 Å². The van der Waals surface area contributed by atoms with Crippen molar-refractivity contribution in [3.63, 3.8) is 0 Å². The first-order chi connectivity index (χ1) is 14.7. The number of nitrogens with zero attached hydrogens (tertiary/aromatic N) is 2. The summed E-state index contributed by atoms with van der Waals surface area (Å²) in [6, 6.07) is 7.66. The van der Waals surface area contributed by atoms with Crippen molar-refractivity contribution in [3.8, 4) is 11.5 Å². The van der Waals surface area contributed by atoms with Gasteiger partial charge in [-0.3, -0.25) is 14.9 Å². The fraction of sp³-hybridized carbons (Fsp3) is 0.190. The number of hydrogen-bond donors (Lipinski definition) is 0. The smallest absolute Gasteiger partial charge is 0.363 e. The van der Waals surface area contributed by atoms with Gasteiger partial charge in [0.05, 0.1) is 16.5 Å². The molecule has 1 heterocycles. The molecule has 0 fully saturated rings. The summed E-state index contributed by atoms with van der Waals surface area (Å²) in [7, 11) is 1.42. The Hall–Kier alpha value is -3.53. The number of esters is 2. The molecule has 0 atom stereocenters. The number of nitro benzene ring substituents is 1. The summed E-state index contributed by atoms with van der Waals surface area (Å²) < 4.78 is 16.3. The van der Waals surface area contributed by atoms with E-state index in [-0.39, 0.29) is 35.2 Å². The number of ether oxygens (including phenoxy) is 3. The van der Waals surface area contributed by atoms with Gasteiger partial charge in [-0.25, -0.2) is 9.79 Å². The van der Waals surface area contributed by atoms with E-state index in [0.29, 0.717) is 21.2 Å². The Bertz CT molecular complexity index is 1150. The number of aliphatic imine (C=N–C) groups is 1. The highest BCUT2D eigenvalue weighted by atomic mass is 79.9. The summed E-state index contributed by atoms with van der Waals surface area (Å²) in [4.78, 5) is 38.8. The number of cyclic esters (lactones) is 1. The molecule has 0 amide bonds. The lowest BCUT2D eigenvalue weighted by atomic mass is 10.1. The van der Waals surface area contributed by atoms with Gasteiger partial charge < -0.3 is 14.2 Å². The minimum Gasteiger partial charge on any atom is -0.493 e. The molecular weight excluding hydrogens is 472 g/mol. The predicted octanol–water partition coefficient (Wildman–Crippen LogP) is 4.33. The Morgan fingerprint density at radius 2 is 2.10 bits per heavy atom. The van der Waals surface area contributed by atoms with Crippen molar-refractivity contribution in [3.05, 3.63) is 67.3 Å². The third-order valence-corrected chi connectivity index (χ3v) is 5.00. The fourth-order valence-corrected chi connectivity index (χ4v) is 3.38. The van der Waals surface area contributed by atoms with Gasteiger partial charge in [0.25, 0.3) is 5.69 Å². The van der Waals surface area contributed by atoms with E-state index in [0.717, 1.165) is 0 Å². The quantitative estimate of drug-likeness (QED) is 0.195. The maximum absolute atomic E-state index is 12.3. The van der Waals surface area contributed by atoms with Crippen LogP contribution in [0, 0.1) is 17.0 Å². The maximum atomic E-state index is 12.3. The van der Waals surface area contributed by atoms with Gasteiger partial charge in [-0.1, -0.05) is 13.0 Å². The number of methoxy groups -OCH3 is 1. The zero-order chi connectivity index (χ0) is 22.7. The van der Waals surface area contributed by atoms with Crippen molar-refractivity contribution in [2.75, 3.05) is 7.11 Å². The van der Waals surface area contributed by atoms with Crippen LogP contribution in [0.15, 0.2) is 45.5 Å². The molecule has 0 aliphatic carbocycles. The van der Waals surface area contributed by atoms with E-state index in [1.165, 1.54) is 25.3 Å². The Labute approximate surface area is 185 Å². The van der Waals surface area contributed by atoms with Gasteiger partial charge in [-0.2, -0.15) is 0 Å². The maximum Gasteiger partial charge on any atom is 0.363 e. The van der Waals surface area contributed by atoms with Crippen molar-refractivity contribution in [2.45, 2.75) is 20.3 Å². The molecule has 0 saturated carbocycles. The molecule has 1 aliphatic heterocycles. The van der Waals surface area contributed by atoms with Crippen LogP contribution in [0.25, 0.3) is 6.08 Å². The summed E-state index contributed by atoms with van der Waals surface area (Å²) in [5.41, 5.74) is 1.14. The molecule has 0 aromatic heterocycles. The number of halogens is 1. The summed E-state index contributed by atoms with van der Waals surface area (Å²) in [6.07, 6.45) is 1.67. The van der Waals surface area contributed by atoms with E-state index in [1.54, 1.807) is 32.0 Å². The molecule has 1 aliphatic rings. The topological polar surface area (TPSA) is 117 Å². The molecule has 10 heteroatoms. The third kappa shape index (κ3) is 4.64. The highest BCUT2D eigenvalue weighted by Crippen LogP contribution is 2.38. The molecule has 0 spiro atoms. The van der Waals surface area contributed by atoms with Gasteiger partial charge in [-0.05, 0) is 52.7 Å².